The number of likely N-dealkylation sites (N-methyl/N-ethyl adjacent to an activating group) is 1. The van der Waals surface area contributed by atoms with Gasteiger partial charge in [0, 0.05) is 18.5 Å². The van der Waals surface area contributed by atoms with Crippen LogP contribution in [-0.2, 0) is 6.42 Å². The number of para-hydroxylation sites is 1. The molecule has 0 spiro atoms. The highest BCUT2D eigenvalue weighted by Gasteiger charge is 2.14. The second-order valence-corrected chi connectivity index (χ2v) is 5.11. The number of phenolic OH excluding ortho intramolecular Hbond substituents is 1. The van der Waals surface area contributed by atoms with Crippen molar-refractivity contribution in [1.29, 1.82) is 0 Å². The highest BCUT2D eigenvalue weighted by Crippen LogP contribution is 2.17. The molecule has 0 aliphatic rings. The molecule has 4 heteroatoms. The Bertz CT molecular complexity index is 522. The van der Waals surface area contributed by atoms with Crippen molar-refractivity contribution in [3.8, 4) is 5.75 Å². The lowest BCUT2D eigenvalue weighted by atomic mass is 10.1. The van der Waals surface area contributed by atoms with Crippen molar-refractivity contribution < 1.29 is 9.90 Å². The molecule has 0 unspecified atom stereocenters. The molecule has 1 amide bonds. The van der Waals surface area contributed by atoms with E-state index in [4.69, 9.17) is 0 Å². The van der Waals surface area contributed by atoms with Gasteiger partial charge in [-0.2, -0.15) is 0 Å². The van der Waals surface area contributed by atoms with E-state index < -0.39 is 0 Å². The minimum Gasteiger partial charge on any atom is -0.507 e. The summed E-state index contributed by atoms with van der Waals surface area (Å²) in [6.45, 7) is 0.647. The molecule has 1 aromatic carbocycles. The standard InChI is InChI=1S/C14H15NO2S/c1-15(9-8-11-5-4-10-18-11)14(17)12-6-2-3-7-13(12)16/h2-7,10,16H,8-9H2,1H3. The largest absolute Gasteiger partial charge is 0.507 e. The van der Waals surface area contributed by atoms with E-state index in [0.29, 0.717) is 12.1 Å². The number of carbonyl (C=O) groups excluding carboxylic acids is 1. The summed E-state index contributed by atoms with van der Waals surface area (Å²) >= 11 is 1.69. The molecular formula is C14H15NO2S. The normalized spacial score (nSPS) is 10.3. The fraction of sp³-hybridized carbons (Fsp3) is 0.214. The van der Waals surface area contributed by atoms with Crippen LogP contribution in [0.4, 0.5) is 0 Å². The number of hydrogen-bond donors (Lipinski definition) is 1. The number of benzene rings is 1. The first kappa shape index (κ1) is 12.6. The second-order valence-electron chi connectivity index (χ2n) is 4.07. The highest BCUT2D eigenvalue weighted by molar-refractivity contribution is 7.09. The number of thiophene rings is 1. The average molecular weight is 261 g/mol. The Hall–Kier alpha value is -1.81. The molecule has 0 saturated heterocycles. The van der Waals surface area contributed by atoms with Gasteiger partial charge in [0.05, 0.1) is 5.56 Å². The van der Waals surface area contributed by atoms with E-state index in [1.165, 1.54) is 10.9 Å². The molecule has 0 saturated carbocycles. The van der Waals surface area contributed by atoms with E-state index in [1.54, 1.807) is 41.5 Å². The van der Waals surface area contributed by atoms with Crippen molar-refractivity contribution in [3.63, 3.8) is 0 Å². The molecule has 0 radical (unpaired) electrons. The molecule has 1 heterocycles. The first-order chi connectivity index (χ1) is 8.68. The van der Waals surface area contributed by atoms with Crippen molar-refractivity contribution in [2.24, 2.45) is 0 Å². The Morgan fingerprint density at radius 3 is 2.72 bits per heavy atom. The molecule has 18 heavy (non-hydrogen) atoms. The van der Waals surface area contributed by atoms with E-state index in [0.717, 1.165) is 6.42 Å². The molecular weight excluding hydrogens is 246 g/mol. The van der Waals surface area contributed by atoms with Gasteiger partial charge < -0.3 is 10.0 Å². The van der Waals surface area contributed by atoms with Crippen molar-refractivity contribution in [2.45, 2.75) is 6.42 Å². The zero-order chi connectivity index (χ0) is 13.0. The number of amides is 1. The number of rotatable bonds is 4. The van der Waals surface area contributed by atoms with Crippen LogP contribution in [0.1, 0.15) is 15.2 Å². The average Bonchev–Trinajstić information content (AvgIpc) is 2.89. The number of phenols is 1. The van der Waals surface area contributed by atoms with Gasteiger partial charge in [0.25, 0.3) is 5.91 Å². The van der Waals surface area contributed by atoms with Crippen molar-refractivity contribution in [2.75, 3.05) is 13.6 Å². The monoisotopic (exact) mass is 261 g/mol. The molecule has 0 bridgehead atoms. The minimum absolute atomic E-state index is 0.0328. The lowest BCUT2D eigenvalue weighted by molar-refractivity contribution is 0.0794. The second kappa shape index (κ2) is 5.69. The fourth-order valence-electron chi connectivity index (χ4n) is 1.69. The van der Waals surface area contributed by atoms with Crippen LogP contribution in [0.5, 0.6) is 5.75 Å². The van der Waals surface area contributed by atoms with Crippen molar-refractivity contribution in [3.05, 3.63) is 52.2 Å². The van der Waals surface area contributed by atoms with Crippen LogP contribution >= 0.6 is 11.3 Å². The van der Waals surface area contributed by atoms with E-state index in [-0.39, 0.29) is 11.7 Å². The molecule has 94 valence electrons. The van der Waals surface area contributed by atoms with Gasteiger partial charge in [0.2, 0.25) is 0 Å². The van der Waals surface area contributed by atoms with Crippen LogP contribution in [-0.4, -0.2) is 29.5 Å². The predicted molar refractivity (Wildman–Crippen MR) is 73.1 cm³/mol. The number of aromatic hydroxyl groups is 1. The highest BCUT2D eigenvalue weighted by atomic mass is 32.1. The van der Waals surface area contributed by atoms with Gasteiger partial charge >= 0.3 is 0 Å². The molecule has 2 aromatic rings. The maximum Gasteiger partial charge on any atom is 0.257 e. The van der Waals surface area contributed by atoms with Gasteiger partial charge in [0.15, 0.2) is 0 Å². The lowest BCUT2D eigenvalue weighted by Crippen LogP contribution is -2.28. The summed E-state index contributed by atoms with van der Waals surface area (Å²) in [5.41, 5.74) is 0.353. The summed E-state index contributed by atoms with van der Waals surface area (Å²) in [6.07, 6.45) is 0.841. The summed E-state index contributed by atoms with van der Waals surface area (Å²) in [5.74, 6) is -0.116. The molecule has 0 aliphatic carbocycles. The Balaban J connectivity index is 1.99. The Morgan fingerprint density at radius 2 is 2.06 bits per heavy atom. The molecule has 2 rings (SSSR count). The third-order valence-electron chi connectivity index (χ3n) is 2.75. The Kier molecular flexibility index (Phi) is 3.99. The van der Waals surface area contributed by atoms with Gasteiger partial charge in [0.1, 0.15) is 5.75 Å². The summed E-state index contributed by atoms with van der Waals surface area (Å²) in [6, 6.07) is 10.7. The number of carbonyl (C=O) groups is 1. The molecule has 0 fully saturated rings. The molecule has 1 aromatic heterocycles. The number of hydrogen-bond acceptors (Lipinski definition) is 3. The first-order valence-electron chi connectivity index (χ1n) is 5.74. The topological polar surface area (TPSA) is 40.5 Å². The third kappa shape index (κ3) is 2.90. The van der Waals surface area contributed by atoms with Crippen LogP contribution in [0, 0.1) is 0 Å². The van der Waals surface area contributed by atoms with Crippen molar-refractivity contribution >= 4 is 17.2 Å². The van der Waals surface area contributed by atoms with Crippen molar-refractivity contribution in [1.82, 2.24) is 4.90 Å². The third-order valence-corrected chi connectivity index (χ3v) is 3.69. The quantitative estimate of drug-likeness (QED) is 0.919. The molecule has 0 aliphatic heterocycles. The van der Waals surface area contributed by atoms with E-state index in [9.17, 15) is 9.90 Å². The van der Waals surface area contributed by atoms with E-state index >= 15 is 0 Å². The van der Waals surface area contributed by atoms with Gasteiger partial charge in [-0.1, -0.05) is 18.2 Å². The fourth-order valence-corrected chi connectivity index (χ4v) is 2.39. The van der Waals surface area contributed by atoms with Gasteiger partial charge in [-0.15, -0.1) is 11.3 Å². The first-order valence-corrected chi connectivity index (χ1v) is 6.62. The lowest BCUT2D eigenvalue weighted by Gasteiger charge is -2.17. The summed E-state index contributed by atoms with van der Waals surface area (Å²) < 4.78 is 0. The zero-order valence-corrected chi connectivity index (χ0v) is 11.0. The van der Waals surface area contributed by atoms with Gasteiger partial charge in [-0.05, 0) is 30.0 Å². The summed E-state index contributed by atoms with van der Waals surface area (Å²) in [4.78, 5) is 15.0. The van der Waals surface area contributed by atoms with Crippen LogP contribution in [0.15, 0.2) is 41.8 Å². The Morgan fingerprint density at radius 1 is 1.28 bits per heavy atom. The van der Waals surface area contributed by atoms with Gasteiger partial charge in [-0.3, -0.25) is 4.79 Å². The molecule has 0 atom stereocenters. The Labute approximate surface area is 110 Å². The maximum atomic E-state index is 12.1. The predicted octanol–water partition coefficient (Wildman–Crippen LogP) is 2.77. The minimum atomic E-state index is -0.148. The smallest absolute Gasteiger partial charge is 0.257 e. The molecule has 3 nitrogen and oxygen atoms in total. The van der Waals surface area contributed by atoms with E-state index in [1.807, 2.05) is 11.4 Å². The van der Waals surface area contributed by atoms with Crippen LogP contribution in [0.25, 0.3) is 0 Å². The number of nitrogens with zero attached hydrogens (tertiary/aromatic N) is 1. The van der Waals surface area contributed by atoms with Gasteiger partial charge in [-0.25, -0.2) is 0 Å². The summed E-state index contributed by atoms with van der Waals surface area (Å²) in [7, 11) is 1.75. The zero-order valence-electron chi connectivity index (χ0n) is 10.2. The molecule has 1 N–H and O–H groups in total. The van der Waals surface area contributed by atoms with Crippen LogP contribution < -0.4 is 0 Å². The summed E-state index contributed by atoms with van der Waals surface area (Å²) in [5, 5.41) is 11.7. The van der Waals surface area contributed by atoms with E-state index in [2.05, 4.69) is 6.07 Å². The van der Waals surface area contributed by atoms with Crippen LogP contribution in [0.3, 0.4) is 0 Å². The SMILES string of the molecule is CN(CCc1cccs1)C(=O)c1ccccc1O. The van der Waals surface area contributed by atoms with Crippen LogP contribution in [0.2, 0.25) is 0 Å². The maximum absolute atomic E-state index is 12.1.